The number of fused-ring (bicyclic) bond motifs is 3. The minimum Gasteiger partial charge on any atom is -0.361 e. The molecule has 19 heavy (non-hydrogen) atoms. The van der Waals surface area contributed by atoms with Gasteiger partial charge in [0.25, 0.3) is 0 Å². The maximum atomic E-state index is 12.3. The van der Waals surface area contributed by atoms with Crippen LogP contribution in [0.3, 0.4) is 0 Å². The van der Waals surface area contributed by atoms with E-state index in [1.807, 2.05) is 30.5 Å². The van der Waals surface area contributed by atoms with Crippen LogP contribution in [-0.4, -0.2) is 23.0 Å². The topological polar surface area (TPSA) is 56.9 Å². The van der Waals surface area contributed by atoms with E-state index in [0.717, 1.165) is 29.4 Å². The van der Waals surface area contributed by atoms with Crippen molar-refractivity contribution in [3.05, 3.63) is 30.5 Å². The predicted molar refractivity (Wildman–Crippen MR) is 75.0 cm³/mol. The van der Waals surface area contributed by atoms with Crippen molar-refractivity contribution in [3.8, 4) is 0 Å². The third-order valence-corrected chi connectivity index (χ3v) is 4.46. The molecule has 2 bridgehead atoms. The number of anilines is 1. The summed E-state index contributed by atoms with van der Waals surface area (Å²) in [6, 6.07) is 8.95. The summed E-state index contributed by atoms with van der Waals surface area (Å²) in [6.07, 6.45) is 5.27. The number of carbonyl (C=O) groups is 1. The molecule has 2 aliphatic heterocycles. The van der Waals surface area contributed by atoms with Gasteiger partial charge >= 0.3 is 0 Å². The van der Waals surface area contributed by atoms with Crippen molar-refractivity contribution in [2.45, 2.75) is 31.3 Å². The second kappa shape index (κ2) is 4.10. The van der Waals surface area contributed by atoms with Gasteiger partial charge < -0.3 is 15.6 Å². The Balaban J connectivity index is 1.52. The highest BCUT2D eigenvalue weighted by molar-refractivity contribution is 5.95. The van der Waals surface area contributed by atoms with Crippen LogP contribution in [-0.2, 0) is 4.79 Å². The van der Waals surface area contributed by atoms with E-state index >= 15 is 0 Å². The quantitative estimate of drug-likeness (QED) is 0.771. The fourth-order valence-corrected chi connectivity index (χ4v) is 3.48. The van der Waals surface area contributed by atoms with Gasteiger partial charge in [0.2, 0.25) is 5.91 Å². The molecule has 1 aromatic carbocycles. The molecule has 4 rings (SSSR count). The Labute approximate surface area is 111 Å². The summed E-state index contributed by atoms with van der Waals surface area (Å²) in [5.74, 6) is 0.301. The van der Waals surface area contributed by atoms with Crippen LogP contribution < -0.4 is 10.6 Å². The maximum absolute atomic E-state index is 12.3. The number of nitrogens with one attached hydrogen (secondary N) is 3. The van der Waals surface area contributed by atoms with Crippen LogP contribution in [0.2, 0.25) is 0 Å². The molecule has 3 atom stereocenters. The number of aromatic amines is 1. The molecule has 3 unspecified atom stereocenters. The lowest BCUT2D eigenvalue weighted by atomic mass is 9.88. The molecule has 0 spiro atoms. The van der Waals surface area contributed by atoms with Crippen molar-refractivity contribution in [1.29, 1.82) is 0 Å². The summed E-state index contributed by atoms with van der Waals surface area (Å²) in [5.41, 5.74) is 1.99. The maximum Gasteiger partial charge on any atom is 0.229 e. The molecule has 1 amide bonds. The summed E-state index contributed by atoms with van der Waals surface area (Å²) in [5, 5.41) is 7.69. The van der Waals surface area contributed by atoms with Gasteiger partial charge in [0.15, 0.2) is 0 Å². The van der Waals surface area contributed by atoms with Crippen LogP contribution in [0.4, 0.5) is 5.69 Å². The number of hydrogen-bond donors (Lipinski definition) is 3. The monoisotopic (exact) mass is 255 g/mol. The molecule has 1 aromatic heterocycles. The largest absolute Gasteiger partial charge is 0.361 e. The molecular weight excluding hydrogens is 238 g/mol. The molecule has 2 aliphatic rings. The van der Waals surface area contributed by atoms with Gasteiger partial charge in [0.05, 0.1) is 5.92 Å². The number of rotatable bonds is 2. The Morgan fingerprint density at radius 1 is 1.26 bits per heavy atom. The molecular formula is C15H17N3O. The summed E-state index contributed by atoms with van der Waals surface area (Å²) in [4.78, 5) is 15.5. The zero-order valence-corrected chi connectivity index (χ0v) is 10.6. The summed E-state index contributed by atoms with van der Waals surface area (Å²) < 4.78 is 0. The molecule has 0 aliphatic carbocycles. The number of amides is 1. The van der Waals surface area contributed by atoms with Crippen LogP contribution in [0.15, 0.2) is 30.5 Å². The lowest BCUT2D eigenvalue weighted by Gasteiger charge is -2.19. The van der Waals surface area contributed by atoms with Crippen LogP contribution in [0, 0.1) is 5.92 Å². The van der Waals surface area contributed by atoms with Crippen LogP contribution in [0.1, 0.15) is 19.3 Å². The third-order valence-electron chi connectivity index (χ3n) is 4.46. The Kier molecular flexibility index (Phi) is 2.38. The fraction of sp³-hybridized carbons (Fsp3) is 0.400. The molecule has 4 nitrogen and oxygen atoms in total. The van der Waals surface area contributed by atoms with Crippen molar-refractivity contribution in [2.24, 2.45) is 5.92 Å². The van der Waals surface area contributed by atoms with Crippen molar-refractivity contribution in [2.75, 3.05) is 5.32 Å². The molecule has 4 heteroatoms. The predicted octanol–water partition coefficient (Wildman–Crippen LogP) is 2.25. The zero-order chi connectivity index (χ0) is 12.8. The lowest BCUT2D eigenvalue weighted by Crippen LogP contribution is -2.32. The molecule has 2 fully saturated rings. The Hall–Kier alpha value is -1.81. The minimum atomic E-state index is 0.140. The van der Waals surface area contributed by atoms with Crippen LogP contribution in [0.25, 0.3) is 10.9 Å². The standard InChI is InChI=1S/C15H17N3O/c19-15(12-8-11-2-4-14(12)17-11)18-10-1-3-13-9(7-10)5-6-16-13/h1,3,5-7,11-12,14,16-17H,2,4,8H2,(H,18,19). The van der Waals surface area contributed by atoms with E-state index in [1.54, 1.807) is 0 Å². The number of benzene rings is 1. The molecule has 0 saturated carbocycles. The van der Waals surface area contributed by atoms with E-state index in [-0.39, 0.29) is 11.8 Å². The van der Waals surface area contributed by atoms with Gasteiger partial charge in [0, 0.05) is 34.9 Å². The van der Waals surface area contributed by atoms with E-state index in [1.165, 1.54) is 6.42 Å². The van der Waals surface area contributed by atoms with E-state index < -0.39 is 0 Å². The van der Waals surface area contributed by atoms with Gasteiger partial charge in [-0.25, -0.2) is 0 Å². The van der Waals surface area contributed by atoms with Crippen molar-refractivity contribution < 1.29 is 4.79 Å². The lowest BCUT2D eigenvalue weighted by molar-refractivity contribution is -0.120. The van der Waals surface area contributed by atoms with Gasteiger partial charge in [-0.15, -0.1) is 0 Å². The first kappa shape index (κ1) is 11.1. The van der Waals surface area contributed by atoms with E-state index in [2.05, 4.69) is 15.6 Å². The van der Waals surface area contributed by atoms with Crippen LogP contribution in [0.5, 0.6) is 0 Å². The minimum absolute atomic E-state index is 0.140. The summed E-state index contributed by atoms with van der Waals surface area (Å²) in [7, 11) is 0. The first-order chi connectivity index (χ1) is 9.29. The van der Waals surface area contributed by atoms with Crippen molar-refractivity contribution >= 4 is 22.5 Å². The third kappa shape index (κ3) is 1.83. The number of carbonyl (C=O) groups excluding carboxylic acids is 1. The Morgan fingerprint density at radius 3 is 3.00 bits per heavy atom. The molecule has 3 heterocycles. The SMILES string of the molecule is O=C(Nc1ccc2[nH]ccc2c1)C1CC2CCC1N2. The van der Waals surface area contributed by atoms with Gasteiger partial charge in [-0.1, -0.05) is 0 Å². The highest BCUT2D eigenvalue weighted by Crippen LogP contribution is 2.34. The summed E-state index contributed by atoms with van der Waals surface area (Å²) >= 11 is 0. The zero-order valence-electron chi connectivity index (χ0n) is 10.6. The molecule has 98 valence electrons. The average molecular weight is 255 g/mol. The smallest absolute Gasteiger partial charge is 0.229 e. The van der Waals surface area contributed by atoms with Gasteiger partial charge in [-0.3, -0.25) is 4.79 Å². The Morgan fingerprint density at radius 2 is 2.21 bits per heavy atom. The van der Waals surface area contributed by atoms with Gasteiger partial charge in [-0.05, 0) is 43.5 Å². The highest BCUT2D eigenvalue weighted by atomic mass is 16.2. The number of aromatic nitrogens is 1. The van der Waals surface area contributed by atoms with Gasteiger partial charge in [-0.2, -0.15) is 0 Å². The van der Waals surface area contributed by atoms with Crippen LogP contribution >= 0.6 is 0 Å². The summed E-state index contributed by atoms with van der Waals surface area (Å²) in [6.45, 7) is 0. The highest BCUT2D eigenvalue weighted by Gasteiger charge is 2.42. The second-order valence-corrected chi connectivity index (χ2v) is 5.66. The first-order valence-corrected chi connectivity index (χ1v) is 6.94. The van der Waals surface area contributed by atoms with Crippen molar-refractivity contribution in [1.82, 2.24) is 10.3 Å². The van der Waals surface area contributed by atoms with E-state index in [4.69, 9.17) is 0 Å². The van der Waals surface area contributed by atoms with Gasteiger partial charge in [0.1, 0.15) is 0 Å². The molecule has 3 N–H and O–H groups in total. The fourth-order valence-electron chi connectivity index (χ4n) is 3.48. The van der Waals surface area contributed by atoms with Crippen molar-refractivity contribution in [3.63, 3.8) is 0 Å². The normalized spacial score (nSPS) is 28.9. The second-order valence-electron chi connectivity index (χ2n) is 5.66. The molecule has 2 saturated heterocycles. The Bertz CT molecular complexity index is 633. The van der Waals surface area contributed by atoms with E-state index in [9.17, 15) is 4.79 Å². The average Bonchev–Trinajstić information content (AvgIpc) is 3.13. The molecule has 2 aromatic rings. The number of H-pyrrole nitrogens is 1. The van der Waals surface area contributed by atoms with E-state index in [0.29, 0.717) is 12.1 Å². The molecule has 0 radical (unpaired) electrons. The first-order valence-electron chi connectivity index (χ1n) is 6.94. The number of hydrogen-bond acceptors (Lipinski definition) is 2.